The third-order valence-corrected chi connectivity index (χ3v) is 14.2. The topological polar surface area (TPSA) is 192 Å². The molecule has 4 aliphatic rings. The van der Waals surface area contributed by atoms with Crippen LogP contribution in [0.1, 0.15) is 70.4 Å². The second-order valence-electron chi connectivity index (χ2n) is 15.0. The van der Waals surface area contributed by atoms with Crippen molar-refractivity contribution in [2.75, 3.05) is 31.5 Å². The number of phenolic OH excluding ortho intramolecular Hbond substituents is 2. The molecule has 0 aromatic heterocycles. The van der Waals surface area contributed by atoms with Crippen molar-refractivity contribution in [2.24, 2.45) is 23.7 Å². The lowest BCUT2D eigenvalue weighted by atomic mass is 9.63. The lowest BCUT2D eigenvalue weighted by molar-refractivity contribution is -0.322. The van der Waals surface area contributed by atoms with Gasteiger partial charge in [0.25, 0.3) is 0 Å². The zero-order valence-corrected chi connectivity index (χ0v) is 31.7. The summed E-state index contributed by atoms with van der Waals surface area (Å²) in [5.41, 5.74) is -0.993. The Labute approximate surface area is 321 Å². The highest BCUT2D eigenvalue weighted by atomic mass is 33.1. The van der Waals surface area contributed by atoms with Crippen molar-refractivity contribution in [3.63, 3.8) is 0 Å². The van der Waals surface area contributed by atoms with E-state index in [1.807, 2.05) is 30.3 Å². The molecule has 3 aromatic rings. The second kappa shape index (κ2) is 16.6. The van der Waals surface area contributed by atoms with E-state index >= 15 is 0 Å². The van der Waals surface area contributed by atoms with E-state index in [9.17, 15) is 40.2 Å². The van der Waals surface area contributed by atoms with E-state index in [0.717, 1.165) is 49.3 Å². The number of carboxylic acids is 1. The van der Waals surface area contributed by atoms with Crippen LogP contribution in [0.4, 0.5) is 0 Å². The van der Waals surface area contributed by atoms with Crippen LogP contribution in [0, 0.1) is 30.6 Å². The van der Waals surface area contributed by atoms with Crippen molar-refractivity contribution >= 4 is 44.1 Å². The molecule has 9 unspecified atom stereocenters. The van der Waals surface area contributed by atoms with Crippen LogP contribution in [-0.2, 0) is 20.6 Å². The number of carbonyl (C=O) groups excluding carboxylic acids is 1. The minimum atomic E-state index is -1.75. The molecule has 1 saturated carbocycles. The summed E-state index contributed by atoms with van der Waals surface area (Å²) in [7, 11) is 3.17. The molecule has 3 saturated heterocycles. The molecule has 0 amide bonds. The molecule has 12 nitrogen and oxygen atoms in total. The Hall–Kier alpha value is -3.08. The number of Topliss-reactive ketones (excluding diaryl/α,β-unsaturated/α-hetero) is 1. The van der Waals surface area contributed by atoms with Crippen molar-refractivity contribution in [3.05, 3.63) is 64.7 Å². The van der Waals surface area contributed by atoms with Gasteiger partial charge in [0, 0.05) is 29.7 Å². The van der Waals surface area contributed by atoms with Gasteiger partial charge in [0.1, 0.15) is 47.1 Å². The van der Waals surface area contributed by atoms with Gasteiger partial charge in [-0.15, -0.1) is 0 Å². The predicted octanol–water partition coefficient (Wildman–Crippen LogP) is 5.46. The monoisotopic (exact) mass is 784 g/mol. The first-order valence-electron chi connectivity index (χ1n) is 18.6. The zero-order chi connectivity index (χ0) is 38.1. The first kappa shape index (κ1) is 39.2. The molecule has 292 valence electrons. The van der Waals surface area contributed by atoms with Crippen LogP contribution in [0.25, 0.3) is 10.8 Å². The Morgan fingerprint density at radius 3 is 2.50 bits per heavy atom. The maximum atomic E-state index is 13.6. The van der Waals surface area contributed by atoms with E-state index in [1.165, 1.54) is 17.7 Å². The fourth-order valence-electron chi connectivity index (χ4n) is 9.29. The summed E-state index contributed by atoms with van der Waals surface area (Å²) in [6, 6.07) is 11.6. The minimum Gasteiger partial charge on any atom is -0.507 e. The van der Waals surface area contributed by atoms with Gasteiger partial charge in [-0.05, 0) is 74.0 Å². The summed E-state index contributed by atoms with van der Waals surface area (Å²) < 4.78 is 24.8. The van der Waals surface area contributed by atoms with Crippen molar-refractivity contribution in [1.82, 2.24) is 0 Å². The maximum absolute atomic E-state index is 13.6. The Morgan fingerprint density at radius 2 is 1.74 bits per heavy atom. The number of aromatic carboxylic acids is 1. The SMILES string of the molecule is Cc1c(C(=O)CCc2ccccc2)c(O)c2c(OC3OC(CO)C4(CCC5CCCC6COCC(CSSCO4)C56)C(O)C3O)cc(C(=O)O)cc2c1O. The van der Waals surface area contributed by atoms with Gasteiger partial charge in [0.15, 0.2) is 5.78 Å². The molecule has 14 heteroatoms. The number of ether oxygens (including phenoxy) is 4. The number of fused-ring (bicyclic) bond motifs is 1. The lowest BCUT2D eigenvalue weighted by Gasteiger charge is -2.51. The van der Waals surface area contributed by atoms with Gasteiger partial charge >= 0.3 is 5.97 Å². The number of carboxylic acid groups (broad SMARTS) is 1. The molecule has 7 rings (SSSR count). The molecule has 6 N–H and O–H groups in total. The van der Waals surface area contributed by atoms with Crippen molar-refractivity contribution in [3.8, 4) is 17.2 Å². The third kappa shape index (κ3) is 7.43. The number of aromatic hydroxyl groups is 2. The number of rotatable bonds is 8. The average Bonchev–Trinajstić information content (AvgIpc) is 3.21. The summed E-state index contributed by atoms with van der Waals surface area (Å²) in [4.78, 5) is 25.8. The number of phenols is 2. The minimum absolute atomic E-state index is 0.0111. The van der Waals surface area contributed by atoms with E-state index in [1.54, 1.807) is 10.8 Å². The highest BCUT2D eigenvalue weighted by molar-refractivity contribution is 8.76. The number of hydrogen-bond acceptors (Lipinski definition) is 13. The third-order valence-electron chi connectivity index (χ3n) is 12.0. The van der Waals surface area contributed by atoms with Crippen molar-refractivity contribution < 1.29 is 59.2 Å². The fourth-order valence-corrected chi connectivity index (χ4v) is 11.4. The number of aliphatic hydroxyl groups excluding tert-OH is 3. The van der Waals surface area contributed by atoms with E-state index in [4.69, 9.17) is 18.9 Å². The molecule has 1 spiro atoms. The summed E-state index contributed by atoms with van der Waals surface area (Å²) >= 11 is 0. The van der Waals surface area contributed by atoms with Crippen LogP contribution < -0.4 is 4.74 Å². The number of ketones is 1. The Balaban J connectivity index is 1.20. The van der Waals surface area contributed by atoms with Gasteiger partial charge in [-0.25, -0.2) is 4.79 Å². The van der Waals surface area contributed by atoms with Crippen LogP contribution in [-0.4, -0.2) is 104 Å². The van der Waals surface area contributed by atoms with Crippen molar-refractivity contribution in [1.29, 1.82) is 0 Å². The standard InChI is InChI=1S/C40H48O12S2/c1-21-31(28(42)11-10-22-6-3-2-4-7-22)35(44)33-27(34(21)43)14-25(38(47)48)15-29(33)51-39-36(45)37(46)40(30(16-41)52-39)13-12-23-8-5-9-24-17-49-18-26(32(23)24)19-53-54-20-50-40/h2-4,6-7,14-15,23-24,26,30,32,36-37,39,41,43-46H,5,8-13,16-20H2,1H3,(H,47,48). The first-order chi connectivity index (χ1) is 26.0. The molecule has 0 radical (unpaired) electrons. The van der Waals surface area contributed by atoms with Gasteiger partial charge in [-0.2, -0.15) is 0 Å². The fraction of sp³-hybridized carbons (Fsp3) is 0.550. The second-order valence-corrected chi connectivity index (χ2v) is 17.5. The number of carbonyl (C=O) groups is 2. The van der Waals surface area contributed by atoms with Gasteiger partial charge < -0.3 is 49.6 Å². The number of hydrogen-bond donors (Lipinski definition) is 6. The maximum Gasteiger partial charge on any atom is 0.335 e. The molecular weight excluding hydrogens is 737 g/mol. The van der Waals surface area contributed by atoms with Crippen LogP contribution in [0.15, 0.2) is 42.5 Å². The summed E-state index contributed by atoms with van der Waals surface area (Å²) in [5, 5.41) is 67.1. The predicted molar refractivity (Wildman–Crippen MR) is 203 cm³/mol. The largest absolute Gasteiger partial charge is 0.507 e. The summed E-state index contributed by atoms with van der Waals surface area (Å²) in [6.45, 7) is 2.33. The van der Waals surface area contributed by atoms with Gasteiger partial charge in [-0.3, -0.25) is 4.79 Å². The first-order valence-corrected chi connectivity index (χ1v) is 21.1. The molecule has 4 fully saturated rings. The Kier molecular flexibility index (Phi) is 12.0. The molecule has 1 aliphatic carbocycles. The normalized spacial score (nSPS) is 31.7. The smallest absolute Gasteiger partial charge is 0.335 e. The Bertz CT molecular complexity index is 1830. The van der Waals surface area contributed by atoms with Gasteiger partial charge in [0.2, 0.25) is 6.29 Å². The quantitative estimate of drug-likeness (QED) is 0.0959. The average molecular weight is 785 g/mol. The highest BCUT2D eigenvalue weighted by Gasteiger charge is 2.58. The molecule has 3 aromatic carbocycles. The number of aryl methyl sites for hydroxylation is 1. The van der Waals surface area contributed by atoms with Crippen LogP contribution >= 0.6 is 21.6 Å². The molecule has 9 atom stereocenters. The van der Waals surface area contributed by atoms with E-state index in [-0.39, 0.29) is 45.6 Å². The molecular formula is C40H48O12S2. The highest BCUT2D eigenvalue weighted by Crippen LogP contribution is 2.50. The van der Waals surface area contributed by atoms with Gasteiger partial charge in [0.05, 0.1) is 29.7 Å². The summed E-state index contributed by atoms with van der Waals surface area (Å²) in [5.74, 6) is -0.356. The molecule has 0 bridgehead atoms. The van der Waals surface area contributed by atoms with Crippen LogP contribution in [0.2, 0.25) is 0 Å². The number of aliphatic hydroxyl groups is 3. The van der Waals surface area contributed by atoms with Gasteiger partial charge in [-0.1, -0.05) is 64.8 Å². The number of benzene rings is 3. The molecule has 54 heavy (non-hydrogen) atoms. The van der Waals surface area contributed by atoms with Crippen LogP contribution in [0.3, 0.4) is 0 Å². The van der Waals surface area contributed by atoms with E-state index in [2.05, 4.69) is 0 Å². The molecule has 3 heterocycles. The summed E-state index contributed by atoms with van der Waals surface area (Å²) in [6.07, 6.45) is -1.59. The van der Waals surface area contributed by atoms with Crippen LogP contribution in [0.5, 0.6) is 17.2 Å². The van der Waals surface area contributed by atoms with Crippen molar-refractivity contribution in [2.45, 2.75) is 82.1 Å². The van der Waals surface area contributed by atoms with E-state index < -0.39 is 60.1 Å². The zero-order valence-electron chi connectivity index (χ0n) is 30.1. The molecule has 3 aliphatic heterocycles. The Morgan fingerprint density at radius 1 is 0.981 bits per heavy atom. The van der Waals surface area contributed by atoms with E-state index in [0.29, 0.717) is 49.5 Å². The lowest BCUT2D eigenvalue weighted by Crippen LogP contribution is -2.69.